The molecule has 0 unspecified atom stereocenters. The summed E-state index contributed by atoms with van der Waals surface area (Å²) < 4.78 is 8.36. The summed E-state index contributed by atoms with van der Waals surface area (Å²) in [5.41, 5.74) is 1.64. The molecule has 1 amide bonds. The van der Waals surface area contributed by atoms with Crippen LogP contribution in [-0.4, -0.2) is 27.0 Å². The standard InChI is InChI=1S/C17H12Cl3N3O3/c1-25-11-8-6-10(7-9-11)14-22-15(26-23-14)12-4-2-3-5-13(12)21-16(24)17(18,19)20/h2-9H,1H3,(H,21,24). The molecule has 1 heterocycles. The third-order valence-electron chi connectivity index (χ3n) is 3.44. The van der Waals surface area contributed by atoms with Gasteiger partial charge in [-0.25, -0.2) is 0 Å². The van der Waals surface area contributed by atoms with Gasteiger partial charge in [0.2, 0.25) is 5.82 Å². The Morgan fingerprint density at radius 2 is 1.81 bits per heavy atom. The first-order valence-electron chi connectivity index (χ1n) is 7.34. The van der Waals surface area contributed by atoms with Crippen molar-refractivity contribution in [1.29, 1.82) is 0 Å². The van der Waals surface area contributed by atoms with Crippen LogP contribution in [0.5, 0.6) is 5.75 Å². The predicted octanol–water partition coefficient (Wildman–Crippen LogP) is 4.72. The molecular formula is C17H12Cl3N3O3. The SMILES string of the molecule is COc1ccc(-c2noc(-c3ccccc3NC(=O)C(Cl)(Cl)Cl)n2)cc1. The van der Waals surface area contributed by atoms with Gasteiger partial charge in [-0.15, -0.1) is 0 Å². The summed E-state index contributed by atoms with van der Waals surface area (Å²) >= 11 is 16.8. The molecule has 1 N–H and O–H groups in total. The Morgan fingerprint density at radius 3 is 2.46 bits per heavy atom. The lowest BCUT2D eigenvalue weighted by atomic mass is 10.1. The highest BCUT2D eigenvalue weighted by atomic mass is 35.6. The fourth-order valence-electron chi connectivity index (χ4n) is 2.16. The molecule has 0 aliphatic carbocycles. The highest BCUT2D eigenvalue weighted by Gasteiger charge is 2.31. The minimum atomic E-state index is -2.09. The number of hydrogen-bond donors (Lipinski definition) is 1. The Balaban J connectivity index is 1.91. The van der Waals surface area contributed by atoms with Gasteiger partial charge < -0.3 is 14.6 Å². The molecule has 9 heteroatoms. The summed E-state index contributed by atoms with van der Waals surface area (Å²) in [4.78, 5) is 16.3. The van der Waals surface area contributed by atoms with Crippen LogP contribution in [0.4, 0.5) is 5.69 Å². The number of alkyl halides is 3. The average Bonchev–Trinajstić information content (AvgIpc) is 3.11. The summed E-state index contributed by atoms with van der Waals surface area (Å²) in [7, 11) is 1.59. The number of aromatic nitrogens is 2. The molecule has 0 aliphatic heterocycles. The second-order valence-corrected chi connectivity index (χ2v) is 7.43. The van der Waals surface area contributed by atoms with Crippen molar-refractivity contribution in [3.8, 4) is 28.6 Å². The van der Waals surface area contributed by atoms with E-state index in [9.17, 15) is 4.79 Å². The van der Waals surface area contributed by atoms with E-state index in [4.69, 9.17) is 44.1 Å². The normalized spacial score (nSPS) is 11.2. The largest absolute Gasteiger partial charge is 0.497 e. The zero-order valence-corrected chi connectivity index (χ0v) is 15.6. The van der Waals surface area contributed by atoms with E-state index in [1.807, 2.05) is 12.1 Å². The number of hydrogen-bond acceptors (Lipinski definition) is 5. The van der Waals surface area contributed by atoms with Crippen molar-refractivity contribution < 1.29 is 14.1 Å². The number of carbonyl (C=O) groups excluding carboxylic acids is 1. The van der Waals surface area contributed by atoms with Crippen molar-refractivity contribution in [2.24, 2.45) is 0 Å². The smallest absolute Gasteiger partial charge is 0.276 e. The second-order valence-electron chi connectivity index (χ2n) is 5.15. The summed E-state index contributed by atoms with van der Waals surface area (Å²) in [6, 6.07) is 14.0. The number of halogens is 3. The molecule has 0 aliphatic rings. The predicted molar refractivity (Wildman–Crippen MR) is 101 cm³/mol. The lowest BCUT2D eigenvalue weighted by Crippen LogP contribution is -2.27. The zero-order valence-electron chi connectivity index (χ0n) is 13.4. The Labute approximate surface area is 164 Å². The van der Waals surface area contributed by atoms with Gasteiger partial charge in [0.1, 0.15) is 5.75 Å². The summed E-state index contributed by atoms with van der Waals surface area (Å²) in [6.45, 7) is 0. The van der Waals surface area contributed by atoms with Gasteiger partial charge in [0.25, 0.3) is 15.6 Å². The number of amides is 1. The molecule has 26 heavy (non-hydrogen) atoms. The lowest BCUT2D eigenvalue weighted by Gasteiger charge is -2.13. The van der Waals surface area contributed by atoms with E-state index >= 15 is 0 Å². The highest BCUT2D eigenvalue weighted by molar-refractivity contribution is 6.76. The molecule has 3 aromatic rings. The van der Waals surface area contributed by atoms with E-state index in [0.29, 0.717) is 17.1 Å². The van der Waals surface area contributed by atoms with Gasteiger partial charge >= 0.3 is 0 Å². The summed E-state index contributed by atoms with van der Waals surface area (Å²) in [5.74, 6) is 0.545. The molecule has 0 bridgehead atoms. The first kappa shape index (κ1) is 18.5. The maximum Gasteiger partial charge on any atom is 0.276 e. The average molecular weight is 413 g/mol. The number of anilines is 1. The zero-order chi connectivity index (χ0) is 18.7. The van der Waals surface area contributed by atoms with Crippen molar-refractivity contribution in [2.45, 2.75) is 3.79 Å². The van der Waals surface area contributed by atoms with Gasteiger partial charge in [0.15, 0.2) is 0 Å². The van der Waals surface area contributed by atoms with Gasteiger partial charge in [0.05, 0.1) is 18.4 Å². The number of carbonyl (C=O) groups is 1. The van der Waals surface area contributed by atoms with E-state index in [1.54, 1.807) is 43.5 Å². The number of rotatable bonds is 4. The third kappa shape index (κ3) is 4.09. The van der Waals surface area contributed by atoms with Gasteiger partial charge in [-0.3, -0.25) is 4.79 Å². The van der Waals surface area contributed by atoms with Crippen LogP contribution in [0.2, 0.25) is 0 Å². The molecule has 6 nitrogen and oxygen atoms in total. The summed E-state index contributed by atoms with van der Waals surface area (Å²) in [6.07, 6.45) is 0. The number of nitrogens with zero attached hydrogens (tertiary/aromatic N) is 2. The van der Waals surface area contributed by atoms with Crippen LogP contribution < -0.4 is 10.1 Å². The van der Waals surface area contributed by atoms with E-state index in [0.717, 1.165) is 11.3 Å². The van der Waals surface area contributed by atoms with E-state index < -0.39 is 9.70 Å². The van der Waals surface area contributed by atoms with E-state index in [1.165, 1.54) is 0 Å². The molecule has 0 fully saturated rings. The van der Waals surface area contributed by atoms with Crippen molar-refractivity contribution in [2.75, 3.05) is 12.4 Å². The van der Waals surface area contributed by atoms with Crippen molar-refractivity contribution in [3.05, 3.63) is 48.5 Å². The van der Waals surface area contributed by atoms with Crippen molar-refractivity contribution in [3.63, 3.8) is 0 Å². The highest BCUT2D eigenvalue weighted by Crippen LogP contribution is 2.32. The molecule has 0 spiro atoms. The van der Waals surface area contributed by atoms with Crippen molar-refractivity contribution in [1.82, 2.24) is 10.1 Å². The topological polar surface area (TPSA) is 77.3 Å². The van der Waals surface area contributed by atoms with Crippen LogP contribution in [0.3, 0.4) is 0 Å². The lowest BCUT2D eigenvalue weighted by molar-refractivity contribution is -0.115. The van der Waals surface area contributed by atoms with Gasteiger partial charge in [0, 0.05) is 5.56 Å². The van der Waals surface area contributed by atoms with E-state index in [2.05, 4.69) is 15.5 Å². The third-order valence-corrected chi connectivity index (χ3v) is 3.95. The maximum atomic E-state index is 11.9. The molecule has 2 aromatic carbocycles. The van der Waals surface area contributed by atoms with Gasteiger partial charge in [-0.05, 0) is 36.4 Å². The van der Waals surface area contributed by atoms with Crippen LogP contribution >= 0.6 is 34.8 Å². The fourth-order valence-corrected chi connectivity index (χ4v) is 2.30. The van der Waals surface area contributed by atoms with E-state index in [-0.39, 0.29) is 5.89 Å². The van der Waals surface area contributed by atoms with Crippen LogP contribution in [0.1, 0.15) is 0 Å². The van der Waals surface area contributed by atoms with Crippen LogP contribution in [-0.2, 0) is 4.79 Å². The molecule has 0 saturated heterocycles. The summed E-state index contributed by atoms with van der Waals surface area (Å²) in [5, 5.41) is 6.50. The number of benzene rings is 2. The number of ether oxygens (including phenoxy) is 1. The minimum absolute atomic E-state index is 0.219. The molecule has 0 saturated carbocycles. The monoisotopic (exact) mass is 411 g/mol. The Kier molecular flexibility index (Phi) is 5.36. The molecular weight excluding hydrogens is 401 g/mol. The first-order valence-corrected chi connectivity index (χ1v) is 8.47. The second kappa shape index (κ2) is 7.53. The Morgan fingerprint density at radius 1 is 1.12 bits per heavy atom. The van der Waals surface area contributed by atoms with Crippen LogP contribution in [0, 0.1) is 0 Å². The van der Waals surface area contributed by atoms with Crippen molar-refractivity contribution >= 4 is 46.4 Å². The maximum absolute atomic E-state index is 11.9. The quantitative estimate of drug-likeness (QED) is 0.627. The molecule has 3 rings (SSSR count). The van der Waals surface area contributed by atoms with Crippen LogP contribution in [0.15, 0.2) is 53.1 Å². The minimum Gasteiger partial charge on any atom is -0.497 e. The molecule has 134 valence electrons. The number of nitrogens with one attached hydrogen (secondary N) is 1. The fraction of sp³-hybridized carbons (Fsp3) is 0.118. The molecule has 0 radical (unpaired) electrons. The molecule has 0 atom stereocenters. The van der Waals surface area contributed by atoms with Gasteiger partial charge in [-0.1, -0.05) is 52.1 Å². The number of methoxy groups -OCH3 is 1. The van der Waals surface area contributed by atoms with Crippen LogP contribution in [0.25, 0.3) is 22.8 Å². The molecule has 1 aromatic heterocycles. The number of para-hydroxylation sites is 1. The Hall–Kier alpha value is -2.28. The first-order chi connectivity index (χ1) is 12.4. The van der Waals surface area contributed by atoms with Gasteiger partial charge in [-0.2, -0.15) is 4.98 Å². The Bertz CT molecular complexity index is 921.